The molecule has 128 valence electrons. The molecule has 0 aliphatic heterocycles. The van der Waals surface area contributed by atoms with Crippen LogP contribution in [0.4, 0.5) is 4.79 Å². The van der Waals surface area contributed by atoms with Gasteiger partial charge in [-0.3, -0.25) is 0 Å². The van der Waals surface area contributed by atoms with Crippen LogP contribution in [-0.4, -0.2) is 59.8 Å². The number of aliphatic hydroxyl groups is 1. The summed E-state index contributed by atoms with van der Waals surface area (Å²) in [6.45, 7) is 0.378. The van der Waals surface area contributed by atoms with E-state index < -0.39 is 18.0 Å². The Hall–Kier alpha value is -1.73. The Balaban J connectivity index is 2.60. The summed E-state index contributed by atoms with van der Waals surface area (Å²) < 4.78 is 0. The van der Waals surface area contributed by atoms with Crippen molar-refractivity contribution < 1.29 is 19.8 Å². The highest BCUT2D eigenvalue weighted by molar-refractivity contribution is 7.98. The van der Waals surface area contributed by atoms with E-state index in [4.69, 9.17) is 5.11 Å². The van der Waals surface area contributed by atoms with Crippen molar-refractivity contribution in [3.05, 3.63) is 35.9 Å². The average molecular weight is 339 g/mol. The maximum absolute atomic E-state index is 12.2. The number of aliphatic carboxylic acids is 1. The number of aliphatic hydroxyl groups excluding tert-OH is 1. The summed E-state index contributed by atoms with van der Waals surface area (Å²) in [7, 11) is 0. The van der Waals surface area contributed by atoms with Gasteiger partial charge >= 0.3 is 6.03 Å². The van der Waals surface area contributed by atoms with Gasteiger partial charge in [0.25, 0.3) is 0 Å². The molecule has 6 nitrogen and oxygen atoms in total. The number of carboxylic acids is 1. The minimum Gasteiger partial charge on any atom is -0.548 e. The number of hydrogen-bond acceptors (Lipinski definition) is 5. The summed E-state index contributed by atoms with van der Waals surface area (Å²) in [5, 5.41) is 22.7. The van der Waals surface area contributed by atoms with Crippen molar-refractivity contribution in [2.75, 3.05) is 31.7 Å². The van der Waals surface area contributed by atoms with Gasteiger partial charge in [0.1, 0.15) is 0 Å². The van der Waals surface area contributed by atoms with Crippen LogP contribution in [0.2, 0.25) is 0 Å². The molecule has 0 radical (unpaired) electrons. The van der Waals surface area contributed by atoms with Crippen molar-refractivity contribution in [2.45, 2.75) is 18.9 Å². The molecule has 1 aromatic carbocycles. The molecule has 0 saturated carbocycles. The third-order valence-electron chi connectivity index (χ3n) is 3.36. The second kappa shape index (κ2) is 10.9. The van der Waals surface area contributed by atoms with E-state index in [0.717, 1.165) is 5.56 Å². The molecule has 1 unspecified atom stereocenters. The van der Waals surface area contributed by atoms with Crippen molar-refractivity contribution in [3.8, 4) is 0 Å². The Bertz CT molecular complexity index is 484. The first-order chi connectivity index (χ1) is 11.1. The van der Waals surface area contributed by atoms with Crippen molar-refractivity contribution >= 4 is 23.8 Å². The number of carboxylic acid groups (broad SMARTS) is 1. The quantitative estimate of drug-likeness (QED) is 0.631. The minimum absolute atomic E-state index is 0.154. The molecule has 2 N–H and O–H groups in total. The summed E-state index contributed by atoms with van der Waals surface area (Å²) >= 11 is 1.50. The van der Waals surface area contributed by atoms with Crippen LogP contribution in [0, 0.1) is 0 Å². The number of urea groups is 1. The smallest absolute Gasteiger partial charge is 0.318 e. The number of nitrogens with zero attached hydrogens (tertiary/aromatic N) is 1. The number of rotatable bonds is 10. The zero-order valence-electron chi connectivity index (χ0n) is 13.2. The molecular formula is C16H23N2O4S-. The number of nitrogens with one attached hydrogen (secondary N) is 1. The largest absolute Gasteiger partial charge is 0.548 e. The Morgan fingerprint density at radius 2 is 2.00 bits per heavy atom. The molecule has 0 heterocycles. The van der Waals surface area contributed by atoms with E-state index in [1.165, 1.54) is 16.7 Å². The Kier molecular flexibility index (Phi) is 9.16. The monoisotopic (exact) mass is 339 g/mol. The molecule has 0 spiro atoms. The van der Waals surface area contributed by atoms with Gasteiger partial charge in [0.15, 0.2) is 0 Å². The highest BCUT2D eigenvalue weighted by Gasteiger charge is 2.18. The molecule has 7 heteroatoms. The van der Waals surface area contributed by atoms with Gasteiger partial charge in [-0.1, -0.05) is 30.3 Å². The number of hydrogen-bond donors (Lipinski definition) is 2. The summed E-state index contributed by atoms with van der Waals surface area (Å²) in [6, 6.07) is 8.14. The van der Waals surface area contributed by atoms with Crippen LogP contribution >= 0.6 is 11.8 Å². The molecule has 23 heavy (non-hydrogen) atoms. The van der Waals surface area contributed by atoms with Gasteiger partial charge in [0.2, 0.25) is 0 Å². The lowest BCUT2D eigenvalue weighted by molar-refractivity contribution is -0.308. The van der Waals surface area contributed by atoms with Gasteiger partial charge in [-0.2, -0.15) is 11.8 Å². The number of amides is 2. The number of benzene rings is 1. The molecule has 0 aromatic heterocycles. The average Bonchev–Trinajstić information content (AvgIpc) is 2.55. The van der Waals surface area contributed by atoms with E-state index in [1.807, 2.05) is 36.6 Å². The van der Waals surface area contributed by atoms with Gasteiger partial charge in [-0.25, -0.2) is 4.79 Å². The molecular weight excluding hydrogens is 316 g/mol. The standard InChI is InChI=1S/C16H24N2O4S/c1-23-12-8-14(15(20)21)17-16(22)18(10-11-19)9-7-13-5-3-2-4-6-13/h2-6,14,19H,7-12H2,1H3,(H,17,22)(H,20,21)/p-1. The van der Waals surface area contributed by atoms with Gasteiger partial charge in [0.05, 0.1) is 18.6 Å². The second-order valence-corrected chi connectivity index (χ2v) is 6.03. The summed E-state index contributed by atoms with van der Waals surface area (Å²) in [5.74, 6) is -0.678. The molecule has 0 saturated heterocycles. The molecule has 1 rings (SSSR count). The topological polar surface area (TPSA) is 92.7 Å². The van der Waals surface area contributed by atoms with Gasteiger partial charge < -0.3 is 25.2 Å². The first-order valence-corrected chi connectivity index (χ1v) is 8.88. The van der Waals surface area contributed by atoms with E-state index in [1.54, 1.807) is 0 Å². The highest BCUT2D eigenvalue weighted by Crippen LogP contribution is 2.04. The predicted molar refractivity (Wildman–Crippen MR) is 89.1 cm³/mol. The SMILES string of the molecule is CSCCC(NC(=O)N(CCO)CCc1ccccc1)C(=O)[O-]. The number of carbonyl (C=O) groups excluding carboxylic acids is 2. The second-order valence-electron chi connectivity index (χ2n) is 5.05. The summed E-state index contributed by atoms with van der Waals surface area (Å²) in [5.41, 5.74) is 1.07. The first kappa shape index (κ1) is 19.3. The fourth-order valence-electron chi connectivity index (χ4n) is 2.07. The third-order valence-corrected chi connectivity index (χ3v) is 4.01. The highest BCUT2D eigenvalue weighted by atomic mass is 32.2. The fourth-order valence-corrected chi connectivity index (χ4v) is 2.54. The number of thioether (sulfide) groups is 1. The lowest BCUT2D eigenvalue weighted by atomic mass is 10.1. The normalized spacial score (nSPS) is 11.7. The van der Waals surface area contributed by atoms with Crippen LogP contribution in [0.15, 0.2) is 30.3 Å². The van der Waals surface area contributed by atoms with Crippen molar-refractivity contribution in [3.63, 3.8) is 0 Å². The Morgan fingerprint density at radius 1 is 1.30 bits per heavy atom. The Morgan fingerprint density at radius 3 is 2.57 bits per heavy atom. The maximum atomic E-state index is 12.2. The van der Waals surface area contributed by atoms with Crippen LogP contribution in [0.3, 0.4) is 0 Å². The van der Waals surface area contributed by atoms with Crippen molar-refractivity contribution in [1.82, 2.24) is 10.2 Å². The van der Waals surface area contributed by atoms with Gasteiger partial charge in [0, 0.05) is 13.1 Å². The molecule has 0 fully saturated rings. The molecule has 0 bridgehead atoms. The van der Waals surface area contributed by atoms with Gasteiger partial charge in [-0.15, -0.1) is 0 Å². The summed E-state index contributed by atoms with van der Waals surface area (Å²) in [4.78, 5) is 24.8. The molecule has 2 amide bonds. The van der Waals surface area contributed by atoms with Crippen LogP contribution < -0.4 is 10.4 Å². The molecule has 0 aliphatic carbocycles. The van der Waals surface area contributed by atoms with E-state index in [9.17, 15) is 14.7 Å². The zero-order chi connectivity index (χ0) is 17.1. The zero-order valence-corrected chi connectivity index (χ0v) is 14.1. The van der Waals surface area contributed by atoms with E-state index in [-0.39, 0.29) is 13.2 Å². The lowest BCUT2D eigenvalue weighted by Crippen LogP contribution is -2.53. The third kappa shape index (κ3) is 7.38. The summed E-state index contributed by atoms with van der Waals surface area (Å²) in [6.07, 6.45) is 2.81. The predicted octanol–water partition coefficient (Wildman–Crippen LogP) is 0.105. The van der Waals surface area contributed by atoms with E-state index in [2.05, 4.69) is 5.32 Å². The maximum Gasteiger partial charge on any atom is 0.318 e. The van der Waals surface area contributed by atoms with Crippen LogP contribution in [0.25, 0.3) is 0 Å². The molecule has 1 atom stereocenters. The fraction of sp³-hybridized carbons (Fsp3) is 0.500. The van der Waals surface area contributed by atoms with Crippen LogP contribution in [0.1, 0.15) is 12.0 Å². The van der Waals surface area contributed by atoms with Crippen LogP contribution in [-0.2, 0) is 11.2 Å². The first-order valence-electron chi connectivity index (χ1n) is 7.48. The Labute approximate surface area is 140 Å². The van der Waals surface area contributed by atoms with Crippen molar-refractivity contribution in [1.29, 1.82) is 0 Å². The van der Waals surface area contributed by atoms with Gasteiger partial charge in [-0.05, 0) is 30.4 Å². The van der Waals surface area contributed by atoms with E-state index in [0.29, 0.717) is 25.1 Å². The van der Waals surface area contributed by atoms with Crippen molar-refractivity contribution in [2.24, 2.45) is 0 Å². The molecule has 0 aliphatic rings. The minimum atomic E-state index is -1.29. The lowest BCUT2D eigenvalue weighted by Gasteiger charge is -2.26. The van der Waals surface area contributed by atoms with E-state index >= 15 is 0 Å². The van der Waals surface area contributed by atoms with Crippen LogP contribution in [0.5, 0.6) is 0 Å². The molecule has 1 aromatic rings. The number of carbonyl (C=O) groups is 2.